The number of anilines is 3. The van der Waals surface area contributed by atoms with Gasteiger partial charge in [0.15, 0.2) is 23.5 Å². The Labute approximate surface area is 169 Å². The second-order valence-corrected chi connectivity index (χ2v) is 5.85. The minimum absolute atomic E-state index is 0.0261. The molecule has 12 heteroatoms. The Morgan fingerprint density at radius 2 is 1.47 bits per heavy atom. The number of aliphatic imine (C=N–C) groups is 3. The number of nitrogens with zero attached hydrogens (tertiary/aromatic N) is 9. The molecule has 0 aliphatic carbocycles. The van der Waals surface area contributed by atoms with Gasteiger partial charge in [-0.25, -0.2) is 15.0 Å². The molecule has 2 aliphatic heterocycles. The zero-order chi connectivity index (χ0) is 21.8. The minimum atomic E-state index is -1.10. The maximum absolute atomic E-state index is 9.36. The lowest BCUT2D eigenvalue weighted by Crippen LogP contribution is -2.32. The van der Waals surface area contributed by atoms with Gasteiger partial charge in [-0.1, -0.05) is 0 Å². The van der Waals surface area contributed by atoms with E-state index in [1.807, 2.05) is 30.3 Å². The molecule has 2 heterocycles. The fraction of sp³-hybridized carbons (Fsp3) is 0.167. The highest BCUT2D eigenvalue weighted by Crippen LogP contribution is 2.55. The third-order valence-corrected chi connectivity index (χ3v) is 4.16. The lowest BCUT2D eigenvalue weighted by Gasteiger charge is -2.28. The van der Waals surface area contributed by atoms with Crippen molar-refractivity contribution in [3.8, 4) is 36.4 Å². The van der Waals surface area contributed by atoms with Crippen molar-refractivity contribution in [2.75, 3.05) is 16.4 Å². The molecule has 0 amide bonds. The van der Waals surface area contributed by atoms with Crippen LogP contribution in [0.15, 0.2) is 15.0 Å². The van der Waals surface area contributed by atoms with E-state index < -0.39 is 12.1 Å². The molecule has 0 radical (unpaired) electrons. The molecule has 4 N–H and O–H groups in total. The Kier molecular flexibility index (Phi) is 4.94. The standard InChI is InChI=1S/C18H8N12/c19-2-1-8(3-20)26-14-13(25)15-17(29-10(5-22)9(4-21)27-15)18-16(14)28-11(6-23)12(7-24)30-18/h9,12,27,30H,1,25H2/b26-8+. The summed E-state index contributed by atoms with van der Waals surface area (Å²) in [5.41, 5.74) is 6.12. The fourth-order valence-corrected chi connectivity index (χ4v) is 2.82. The van der Waals surface area contributed by atoms with E-state index >= 15 is 0 Å². The molecule has 1 aromatic rings. The molecule has 12 nitrogen and oxygen atoms in total. The second-order valence-electron chi connectivity index (χ2n) is 5.85. The van der Waals surface area contributed by atoms with E-state index in [4.69, 9.17) is 11.0 Å². The van der Waals surface area contributed by atoms with Crippen molar-refractivity contribution in [1.29, 1.82) is 31.6 Å². The molecule has 3 rings (SSSR count). The number of nitrogens with two attached hydrogens (primary N) is 1. The predicted molar refractivity (Wildman–Crippen MR) is 105 cm³/mol. The summed E-state index contributed by atoms with van der Waals surface area (Å²) in [5, 5.41) is 61.0. The van der Waals surface area contributed by atoms with Crippen molar-refractivity contribution in [3.05, 3.63) is 0 Å². The molecule has 140 valence electrons. The number of hydrogen-bond acceptors (Lipinski definition) is 12. The number of nitrogens with one attached hydrogen (secondary N) is 2. The van der Waals surface area contributed by atoms with Crippen molar-refractivity contribution < 1.29 is 0 Å². The number of rotatable bonds is 2. The van der Waals surface area contributed by atoms with Gasteiger partial charge in [0.2, 0.25) is 0 Å². The van der Waals surface area contributed by atoms with Crippen LogP contribution < -0.4 is 16.4 Å². The van der Waals surface area contributed by atoms with Gasteiger partial charge in [-0.05, 0) is 0 Å². The van der Waals surface area contributed by atoms with E-state index in [1.165, 1.54) is 0 Å². The smallest absolute Gasteiger partial charge is 0.167 e. The van der Waals surface area contributed by atoms with E-state index in [1.54, 1.807) is 6.07 Å². The molecule has 2 aliphatic rings. The topological polar surface area (TPSA) is 230 Å². The predicted octanol–water partition coefficient (Wildman–Crippen LogP) is 1.61. The first kappa shape index (κ1) is 19.3. The molecule has 1 aromatic carbocycles. The number of benzene rings is 1. The van der Waals surface area contributed by atoms with Gasteiger partial charge in [0.1, 0.15) is 41.0 Å². The largest absolute Gasteiger partial charge is 0.395 e. The van der Waals surface area contributed by atoms with Crippen LogP contribution in [0.5, 0.6) is 0 Å². The quantitative estimate of drug-likeness (QED) is 0.489. The van der Waals surface area contributed by atoms with Crippen molar-refractivity contribution in [3.63, 3.8) is 0 Å². The molecular formula is C18H8N12. The lowest BCUT2D eigenvalue weighted by molar-refractivity contribution is 1.11. The first-order chi connectivity index (χ1) is 14.5. The molecule has 0 fully saturated rings. The van der Waals surface area contributed by atoms with E-state index in [0.29, 0.717) is 0 Å². The van der Waals surface area contributed by atoms with Crippen LogP contribution in [0, 0.1) is 68.0 Å². The van der Waals surface area contributed by atoms with Crippen LogP contribution in [0.1, 0.15) is 6.42 Å². The SMILES string of the molecule is N#CC/C(C#N)=N\c1c(N)c2c(c3c1N=C(C#N)C(C#N)N3)N=C(C#N)C(C#N)N2. The highest BCUT2D eigenvalue weighted by Gasteiger charge is 2.34. The number of nitriles is 6. The van der Waals surface area contributed by atoms with Gasteiger partial charge >= 0.3 is 0 Å². The Hall–Kier alpha value is -5.43. The Balaban J connectivity index is 2.43. The van der Waals surface area contributed by atoms with Crippen molar-refractivity contribution in [2.24, 2.45) is 15.0 Å². The van der Waals surface area contributed by atoms with E-state index in [-0.39, 0.29) is 57.7 Å². The molecule has 0 saturated heterocycles. The zero-order valence-electron chi connectivity index (χ0n) is 15.0. The van der Waals surface area contributed by atoms with Gasteiger partial charge < -0.3 is 16.4 Å². The van der Waals surface area contributed by atoms with Crippen LogP contribution in [0.25, 0.3) is 0 Å². The lowest BCUT2D eigenvalue weighted by atomic mass is 10.0. The van der Waals surface area contributed by atoms with Gasteiger partial charge in [-0.15, -0.1) is 0 Å². The molecule has 30 heavy (non-hydrogen) atoms. The average molecular weight is 392 g/mol. The summed E-state index contributed by atoms with van der Waals surface area (Å²) in [5.74, 6) is 0. The zero-order valence-corrected chi connectivity index (χ0v) is 15.0. The van der Waals surface area contributed by atoms with E-state index in [9.17, 15) is 26.3 Å². The summed E-state index contributed by atoms with van der Waals surface area (Å²) in [6.07, 6.45) is -0.296. The van der Waals surface area contributed by atoms with Gasteiger partial charge in [0.25, 0.3) is 0 Å². The first-order valence-corrected chi connectivity index (χ1v) is 8.16. The molecule has 2 unspecified atom stereocenters. The van der Waals surface area contributed by atoms with Crippen molar-refractivity contribution in [2.45, 2.75) is 18.5 Å². The third-order valence-electron chi connectivity index (χ3n) is 4.16. The van der Waals surface area contributed by atoms with Crippen LogP contribution in [-0.2, 0) is 0 Å². The second kappa shape index (κ2) is 7.67. The minimum Gasteiger partial charge on any atom is -0.395 e. The first-order valence-electron chi connectivity index (χ1n) is 8.16. The van der Waals surface area contributed by atoms with Crippen LogP contribution in [0.2, 0.25) is 0 Å². The summed E-state index contributed by atoms with van der Waals surface area (Å²) in [6.45, 7) is 0. The van der Waals surface area contributed by atoms with Gasteiger partial charge in [-0.3, -0.25) is 0 Å². The van der Waals surface area contributed by atoms with Crippen LogP contribution in [-0.4, -0.2) is 29.2 Å². The fourth-order valence-electron chi connectivity index (χ4n) is 2.82. The van der Waals surface area contributed by atoms with E-state index in [0.717, 1.165) is 0 Å². The molecule has 0 aromatic heterocycles. The van der Waals surface area contributed by atoms with Crippen molar-refractivity contribution in [1.82, 2.24) is 0 Å². The van der Waals surface area contributed by atoms with E-state index in [2.05, 4.69) is 25.6 Å². The summed E-state index contributed by atoms with van der Waals surface area (Å²) >= 11 is 0. The molecule has 0 saturated carbocycles. The van der Waals surface area contributed by atoms with Crippen molar-refractivity contribution >= 4 is 51.3 Å². The Bertz CT molecular complexity index is 1300. The number of fused-ring (bicyclic) bond motifs is 3. The maximum Gasteiger partial charge on any atom is 0.167 e. The maximum atomic E-state index is 9.36. The molecule has 0 bridgehead atoms. The molecular weight excluding hydrogens is 384 g/mol. The molecule has 0 spiro atoms. The van der Waals surface area contributed by atoms with Gasteiger partial charge in [-0.2, -0.15) is 31.6 Å². The van der Waals surface area contributed by atoms with Gasteiger partial charge in [0.05, 0.1) is 41.7 Å². The van der Waals surface area contributed by atoms with Crippen LogP contribution >= 0.6 is 0 Å². The highest BCUT2D eigenvalue weighted by atomic mass is 15.1. The number of nitrogen functional groups attached to an aromatic ring is 1. The normalized spacial score (nSPS) is 18.5. The number of hydrogen-bond donors (Lipinski definition) is 3. The summed E-state index contributed by atoms with van der Waals surface area (Å²) in [4.78, 5) is 12.5. The summed E-state index contributed by atoms with van der Waals surface area (Å²) in [6, 6.07) is 8.83. The third kappa shape index (κ3) is 2.96. The molecule has 2 atom stereocenters. The van der Waals surface area contributed by atoms with Crippen LogP contribution in [0.4, 0.5) is 34.1 Å². The summed E-state index contributed by atoms with van der Waals surface area (Å²) in [7, 11) is 0. The Morgan fingerprint density at radius 1 is 0.900 bits per heavy atom. The van der Waals surface area contributed by atoms with Crippen LogP contribution in [0.3, 0.4) is 0 Å². The van der Waals surface area contributed by atoms with Gasteiger partial charge in [0, 0.05) is 0 Å². The monoisotopic (exact) mass is 392 g/mol. The Morgan fingerprint density at radius 3 is 1.97 bits per heavy atom. The average Bonchev–Trinajstić information content (AvgIpc) is 2.79. The highest BCUT2D eigenvalue weighted by molar-refractivity contribution is 6.19. The summed E-state index contributed by atoms with van der Waals surface area (Å²) < 4.78 is 0.